The molecule has 102 valence electrons. The maximum absolute atomic E-state index is 11.6. The molecule has 0 saturated heterocycles. The first-order valence-electron chi connectivity index (χ1n) is 6.28. The van der Waals surface area contributed by atoms with Gasteiger partial charge in [0.25, 0.3) is 0 Å². The van der Waals surface area contributed by atoms with E-state index in [0.717, 1.165) is 6.42 Å². The number of benzene rings is 1. The Kier molecular flexibility index (Phi) is 5.53. The van der Waals surface area contributed by atoms with Gasteiger partial charge in [-0.2, -0.15) is 5.26 Å². The van der Waals surface area contributed by atoms with E-state index in [1.165, 1.54) is 0 Å². The van der Waals surface area contributed by atoms with E-state index >= 15 is 0 Å². The van der Waals surface area contributed by atoms with Gasteiger partial charge in [0, 0.05) is 12.3 Å². The van der Waals surface area contributed by atoms with Crippen LogP contribution in [-0.4, -0.2) is 19.1 Å². The summed E-state index contributed by atoms with van der Waals surface area (Å²) < 4.78 is 5.32. The zero-order valence-corrected chi connectivity index (χ0v) is 11.7. The third-order valence-corrected chi connectivity index (χ3v) is 2.50. The van der Waals surface area contributed by atoms with E-state index in [4.69, 9.17) is 10.00 Å². The van der Waals surface area contributed by atoms with Gasteiger partial charge in [-0.05, 0) is 30.0 Å². The number of nitrogens with one attached hydrogen (secondary N) is 1. The maximum atomic E-state index is 11.6. The molecule has 4 nitrogen and oxygen atoms in total. The summed E-state index contributed by atoms with van der Waals surface area (Å²) >= 11 is 0. The molecule has 0 heterocycles. The Morgan fingerprint density at radius 2 is 2.16 bits per heavy atom. The highest BCUT2D eigenvalue weighted by Crippen LogP contribution is 2.17. The van der Waals surface area contributed by atoms with Crippen molar-refractivity contribution in [3.05, 3.63) is 29.8 Å². The number of hydrogen-bond acceptors (Lipinski definition) is 3. The molecule has 0 aromatic heterocycles. The Morgan fingerprint density at radius 1 is 1.42 bits per heavy atom. The largest absolute Gasteiger partial charge is 0.372 e. The van der Waals surface area contributed by atoms with Crippen molar-refractivity contribution in [1.82, 2.24) is 0 Å². The second kappa shape index (κ2) is 6.91. The minimum atomic E-state index is -0.205. The predicted octanol–water partition coefficient (Wildman–Crippen LogP) is 2.95. The highest BCUT2D eigenvalue weighted by Gasteiger charge is 2.10. The molecule has 1 rings (SSSR count). The van der Waals surface area contributed by atoms with Gasteiger partial charge in [-0.25, -0.2) is 0 Å². The van der Waals surface area contributed by atoms with Crippen molar-refractivity contribution in [2.75, 3.05) is 18.5 Å². The third kappa shape index (κ3) is 6.58. The topological polar surface area (TPSA) is 62.1 Å². The Balaban J connectivity index is 2.33. The van der Waals surface area contributed by atoms with Crippen LogP contribution in [0.25, 0.3) is 0 Å². The molecule has 1 amide bonds. The molecule has 0 saturated carbocycles. The van der Waals surface area contributed by atoms with Gasteiger partial charge in [0.15, 0.2) is 0 Å². The van der Waals surface area contributed by atoms with Crippen molar-refractivity contribution in [2.24, 2.45) is 5.41 Å². The Morgan fingerprint density at radius 3 is 2.79 bits per heavy atom. The van der Waals surface area contributed by atoms with Crippen molar-refractivity contribution in [3.63, 3.8) is 0 Å². The summed E-state index contributed by atoms with van der Waals surface area (Å²) in [5.41, 5.74) is 1.34. The molecule has 0 atom stereocenters. The first-order chi connectivity index (χ1) is 8.90. The van der Waals surface area contributed by atoms with E-state index in [1.54, 1.807) is 24.3 Å². The van der Waals surface area contributed by atoms with E-state index in [2.05, 4.69) is 26.1 Å². The molecule has 0 aliphatic carbocycles. The van der Waals surface area contributed by atoms with Crippen molar-refractivity contribution < 1.29 is 9.53 Å². The summed E-state index contributed by atoms with van der Waals surface area (Å²) in [5, 5.41) is 11.5. The van der Waals surface area contributed by atoms with Crippen LogP contribution in [0.1, 0.15) is 32.8 Å². The molecule has 19 heavy (non-hydrogen) atoms. The quantitative estimate of drug-likeness (QED) is 0.828. The molecule has 1 aromatic carbocycles. The van der Waals surface area contributed by atoms with Gasteiger partial charge in [0.1, 0.15) is 6.61 Å². The van der Waals surface area contributed by atoms with Crippen LogP contribution >= 0.6 is 0 Å². The average Bonchev–Trinajstić information content (AvgIpc) is 2.34. The molecule has 0 spiro atoms. The molecule has 0 radical (unpaired) electrons. The summed E-state index contributed by atoms with van der Waals surface area (Å²) in [4.78, 5) is 11.6. The lowest BCUT2D eigenvalue weighted by atomic mass is 9.93. The fourth-order valence-corrected chi connectivity index (χ4v) is 1.41. The highest BCUT2D eigenvalue weighted by molar-refractivity contribution is 5.91. The minimum absolute atomic E-state index is 0.0346. The summed E-state index contributed by atoms with van der Waals surface area (Å²) in [6.07, 6.45) is 0.907. The SMILES string of the molecule is CC(C)(C)CCOCC(=O)Nc1cccc(C#N)c1. The molecule has 0 fully saturated rings. The second-order valence-electron chi connectivity index (χ2n) is 5.60. The van der Waals surface area contributed by atoms with E-state index < -0.39 is 0 Å². The summed E-state index contributed by atoms with van der Waals surface area (Å²) in [5.74, 6) is -0.205. The number of hydrogen-bond donors (Lipinski definition) is 1. The fraction of sp³-hybridized carbons (Fsp3) is 0.467. The van der Waals surface area contributed by atoms with E-state index in [1.807, 2.05) is 6.07 Å². The van der Waals surface area contributed by atoms with Crippen LogP contribution in [0.3, 0.4) is 0 Å². The van der Waals surface area contributed by atoms with Gasteiger partial charge in [-0.3, -0.25) is 4.79 Å². The number of anilines is 1. The van der Waals surface area contributed by atoms with Gasteiger partial charge in [-0.1, -0.05) is 26.8 Å². The number of nitrogens with zero attached hydrogens (tertiary/aromatic N) is 1. The van der Waals surface area contributed by atoms with Crippen LogP contribution in [0.4, 0.5) is 5.69 Å². The number of carbonyl (C=O) groups excluding carboxylic acids is 1. The van der Waals surface area contributed by atoms with Crippen LogP contribution in [-0.2, 0) is 9.53 Å². The lowest BCUT2D eigenvalue weighted by Gasteiger charge is -2.17. The highest BCUT2D eigenvalue weighted by atomic mass is 16.5. The first kappa shape index (κ1) is 15.2. The van der Waals surface area contributed by atoms with Crippen molar-refractivity contribution in [1.29, 1.82) is 5.26 Å². The molecule has 0 aliphatic rings. The molecule has 1 aromatic rings. The normalized spacial score (nSPS) is 10.8. The molecular weight excluding hydrogens is 240 g/mol. The van der Waals surface area contributed by atoms with Crippen LogP contribution < -0.4 is 5.32 Å². The first-order valence-corrected chi connectivity index (χ1v) is 6.28. The number of ether oxygens (including phenoxy) is 1. The number of carbonyl (C=O) groups is 1. The Labute approximate surface area is 114 Å². The van der Waals surface area contributed by atoms with Crippen molar-refractivity contribution >= 4 is 11.6 Å². The number of amides is 1. The average molecular weight is 260 g/mol. The third-order valence-electron chi connectivity index (χ3n) is 2.50. The summed E-state index contributed by atoms with van der Waals surface area (Å²) in [7, 11) is 0. The maximum Gasteiger partial charge on any atom is 0.250 e. The van der Waals surface area contributed by atoms with E-state index in [9.17, 15) is 4.79 Å². The van der Waals surface area contributed by atoms with Crippen LogP contribution in [0.2, 0.25) is 0 Å². The molecule has 1 N–H and O–H groups in total. The lowest BCUT2D eigenvalue weighted by molar-refractivity contribution is -0.120. The molecule has 0 bridgehead atoms. The predicted molar refractivity (Wildman–Crippen MR) is 74.7 cm³/mol. The Bertz CT molecular complexity index is 470. The van der Waals surface area contributed by atoms with E-state index in [-0.39, 0.29) is 17.9 Å². The van der Waals surface area contributed by atoms with E-state index in [0.29, 0.717) is 17.9 Å². The van der Waals surface area contributed by atoms with Crippen molar-refractivity contribution in [2.45, 2.75) is 27.2 Å². The van der Waals surface area contributed by atoms with Gasteiger partial charge in [0.05, 0.1) is 11.6 Å². The standard InChI is InChI=1S/C15H20N2O2/c1-15(2,3)7-8-19-11-14(18)17-13-6-4-5-12(9-13)10-16/h4-6,9H,7-8,11H2,1-3H3,(H,17,18). The zero-order chi connectivity index (χ0) is 14.3. The second-order valence-corrected chi connectivity index (χ2v) is 5.60. The molecule has 0 aliphatic heterocycles. The number of nitriles is 1. The van der Waals surface area contributed by atoms with Gasteiger partial charge >= 0.3 is 0 Å². The lowest BCUT2D eigenvalue weighted by Crippen LogP contribution is -2.20. The minimum Gasteiger partial charge on any atom is -0.372 e. The fourth-order valence-electron chi connectivity index (χ4n) is 1.41. The van der Waals surface area contributed by atoms with Crippen LogP contribution in [0.5, 0.6) is 0 Å². The van der Waals surface area contributed by atoms with Gasteiger partial charge in [-0.15, -0.1) is 0 Å². The molecule has 4 heteroatoms. The monoisotopic (exact) mass is 260 g/mol. The van der Waals surface area contributed by atoms with Crippen LogP contribution in [0, 0.1) is 16.7 Å². The van der Waals surface area contributed by atoms with Gasteiger partial charge in [0.2, 0.25) is 5.91 Å². The molecule has 0 unspecified atom stereocenters. The van der Waals surface area contributed by atoms with Crippen LogP contribution in [0.15, 0.2) is 24.3 Å². The summed E-state index contributed by atoms with van der Waals surface area (Å²) in [6, 6.07) is 8.82. The zero-order valence-electron chi connectivity index (χ0n) is 11.7. The Hall–Kier alpha value is -1.86. The summed E-state index contributed by atoms with van der Waals surface area (Å²) in [6.45, 7) is 6.99. The molecular formula is C15H20N2O2. The van der Waals surface area contributed by atoms with Gasteiger partial charge < -0.3 is 10.1 Å². The smallest absolute Gasteiger partial charge is 0.250 e. The number of rotatable bonds is 5. The van der Waals surface area contributed by atoms with Crippen molar-refractivity contribution in [3.8, 4) is 6.07 Å².